The van der Waals surface area contributed by atoms with E-state index in [1.54, 1.807) is 0 Å². The zero-order valence-corrected chi connectivity index (χ0v) is 10.4. The lowest BCUT2D eigenvalue weighted by molar-refractivity contribution is 0.227. The number of hydrogen-bond acceptors (Lipinski definition) is 2. The third kappa shape index (κ3) is 6.30. The normalized spacial score (nSPS) is 10.6. The molecule has 0 aromatic carbocycles. The Hall–Kier alpha value is -0.180. The molecule has 0 saturated carbocycles. The van der Waals surface area contributed by atoms with Gasteiger partial charge in [-0.05, 0) is 19.3 Å². The minimum Gasteiger partial charge on any atom is -0.334 e. The van der Waals surface area contributed by atoms with Gasteiger partial charge in [-0.1, -0.05) is 39.0 Å². The molecular formula is C11H22NOS. The summed E-state index contributed by atoms with van der Waals surface area (Å²) in [5.74, 6) is 1.48. The first-order chi connectivity index (χ1) is 6.61. The average molecular weight is 216 g/mol. The van der Waals surface area contributed by atoms with Gasteiger partial charge in [-0.2, -0.15) is 0 Å². The number of amides is 1. The molecule has 0 bridgehead atoms. The van der Waals surface area contributed by atoms with Gasteiger partial charge in [0.05, 0.1) is 0 Å². The van der Waals surface area contributed by atoms with Crippen molar-refractivity contribution in [3.05, 3.63) is 6.92 Å². The maximum absolute atomic E-state index is 11.6. The van der Waals surface area contributed by atoms with Gasteiger partial charge in [-0.25, -0.2) is 0 Å². The molecule has 2 nitrogen and oxygen atoms in total. The highest BCUT2D eigenvalue weighted by molar-refractivity contribution is 8.13. The zero-order valence-electron chi connectivity index (χ0n) is 9.58. The summed E-state index contributed by atoms with van der Waals surface area (Å²) in [6, 6.07) is 0. The molecule has 0 N–H and O–H groups in total. The molecule has 1 amide bonds. The highest BCUT2D eigenvalue weighted by atomic mass is 32.2. The summed E-state index contributed by atoms with van der Waals surface area (Å²) in [5.41, 5.74) is 0. The fourth-order valence-corrected chi connectivity index (χ4v) is 1.81. The Labute approximate surface area is 92.4 Å². The van der Waals surface area contributed by atoms with Crippen molar-refractivity contribution in [3.8, 4) is 0 Å². The van der Waals surface area contributed by atoms with E-state index in [2.05, 4.69) is 27.7 Å². The molecule has 83 valence electrons. The third-order valence-corrected chi connectivity index (χ3v) is 3.19. The molecule has 0 unspecified atom stereocenters. The number of rotatable bonds is 6. The van der Waals surface area contributed by atoms with E-state index in [-0.39, 0.29) is 5.24 Å². The van der Waals surface area contributed by atoms with Crippen molar-refractivity contribution in [2.24, 2.45) is 5.92 Å². The van der Waals surface area contributed by atoms with Crippen LogP contribution in [-0.4, -0.2) is 29.0 Å². The summed E-state index contributed by atoms with van der Waals surface area (Å²) < 4.78 is 0. The van der Waals surface area contributed by atoms with Crippen molar-refractivity contribution in [1.29, 1.82) is 0 Å². The van der Waals surface area contributed by atoms with Gasteiger partial charge in [-0.15, -0.1) is 0 Å². The molecular weight excluding hydrogens is 194 g/mol. The molecule has 0 atom stereocenters. The summed E-state index contributed by atoms with van der Waals surface area (Å²) in [5, 5.41) is 0.183. The summed E-state index contributed by atoms with van der Waals surface area (Å²) in [6.45, 7) is 11.6. The van der Waals surface area contributed by atoms with Crippen molar-refractivity contribution < 1.29 is 4.79 Å². The van der Waals surface area contributed by atoms with Crippen LogP contribution in [0.2, 0.25) is 0 Å². The van der Waals surface area contributed by atoms with Gasteiger partial charge < -0.3 is 4.90 Å². The minimum absolute atomic E-state index is 0.183. The molecule has 0 rings (SSSR count). The van der Waals surface area contributed by atoms with Crippen molar-refractivity contribution in [1.82, 2.24) is 4.90 Å². The number of unbranched alkanes of at least 4 members (excludes halogenated alkanes) is 1. The summed E-state index contributed by atoms with van der Waals surface area (Å²) in [6.07, 6.45) is 2.20. The molecule has 0 fully saturated rings. The number of hydrogen-bond donors (Lipinski definition) is 0. The number of nitrogens with zero attached hydrogens (tertiary/aromatic N) is 1. The largest absolute Gasteiger partial charge is 0.334 e. The third-order valence-electron chi connectivity index (χ3n) is 1.85. The van der Waals surface area contributed by atoms with Crippen molar-refractivity contribution >= 4 is 17.0 Å². The fourth-order valence-electron chi connectivity index (χ4n) is 0.973. The predicted octanol–water partition coefficient (Wildman–Crippen LogP) is 3.43. The van der Waals surface area contributed by atoms with Crippen molar-refractivity contribution in [3.63, 3.8) is 0 Å². The Morgan fingerprint density at radius 3 is 2.57 bits per heavy atom. The van der Waals surface area contributed by atoms with Gasteiger partial charge in [0.1, 0.15) is 0 Å². The maximum Gasteiger partial charge on any atom is 0.281 e. The predicted molar refractivity (Wildman–Crippen MR) is 64.5 cm³/mol. The molecule has 0 aromatic heterocycles. The second-order valence-electron chi connectivity index (χ2n) is 3.81. The second-order valence-corrected chi connectivity index (χ2v) is 4.78. The highest BCUT2D eigenvalue weighted by Gasteiger charge is 2.11. The average Bonchev–Trinajstić information content (AvgIpc) is 2.16. The van der Waals surface area contributed by atoms with E-state index in [9.17, 15) is 4.79 Å². The molecule has 0 aliphatic rings. The monoisotopic (exact) mass is 216 g/mol. The molecule has 0 saturated heterocycles. The topological polar surface area (TPSA) is 20.3 Å². The Bertz CT molecular complexity index is 159. The second kappa shape index (κ2) is 8.16. The molecule has 0 spiro atoms. The van der Waals surface area contributed by atoms with Crippen LogP contribution in [0, 0.1) is 12.8 Å². The van der Waals surface area contributed by atoms with Crippen LogP contribution in [0.5, 0.6) is 0 Å². The molecule has 14 heavy (non-hydrogen) atoms. The number of carbonyl (C=O) groups excluding carboxylic acids is 1. The lowest BCUT2D eigenvalue weighted by Gasteiger charge is -2.20. The van der Waals surface area contributed by atoms with E-state index in [0.29, 0.717) is 12.5 Å². The van der Waals surface area contributed by atoms with Crippen molar-refractivity contribution in [2.45, 2.75) is 33.6 Å². The maximum atomic E-state index is 11.6. The zero-order chi connectivity index (χ0) is 11.0. The first-order valence-corrected chi connectivity index (χ1v) is 6.31. The van der Waals surface area contributed by atoms with Gasteiger partial charge in [0.15, 0.2) is 0 Å². The van der Waals surface area contributed by atoms with Gasteiger partial charge in [0, 0.05) is 18.8 Å². The van der Waals surface area contributed by atoms with Gasteiger partial charge in [0.25, 0.3) is 5.24 Å². The highest BCUT2D eigenvalue weighted by Crippen LogP contribution is 2.13. The van der Waals surface area contributed by atoms with E-state index in [4.69, 9.17) is 0 Å². The van der Waals surface area contributed by atoms with Crippen LogP contribution in [0.3, 0.4) is 0 Å². The molecule has 1 radical (unpaired) electrons. The van der Waals surface area contributed by atoms with Crippen molar-refractivity contribution in [2.75, 3.05) is 18.8 Å². The Morgan fingerprint density at radius 1 is 1.50 bits per heavy atom. The van der Waals surface area contributed by atoms with Crippen LogP contribution in [0.15, 0.2) is 0 Å². The van der Waals surface area contributed by atoms with E-state index >= 15 is 0 Å². The fraction of sp³-hybridized carbons (Fsp3) is 0.818. The Kier molecular flexibility index (Phi) is 8.05. The van der Waals surface area contributed by atoms with E-state index in [1.807, 2.05) is 4.90 Å². The van der Waals surface area contributed by atoms with E-state index < -0.39 is 0 Å². The minimum atomic E-state index is 0.183. The van der Waals surface area contributed by atoms with Crippen LogP contribution in [0.4, 0.5) is 4.79 Å². The lowest BCUT2D eigenvalue weighted by Crippen LogP contribution is -2.28. The SMILES string of the molecule is [CH2]CN(CCCC)C(=O)SCC(C)C. The number of carbonyl (C=O) groups is 1. The van der Waals surface area contributed by atoms with Gasteiger partial charge >= 0.3 is 0 Å². The molecule has 3 heteroatoms. The standard InChI is InChI=1S/C11H22NOS/c1-5-7-8-12(6-2)11(13)14-9-10(3)4/h10H,2,5-9H2,1,3-4H3. The quantitative estimate of drug-likeness (QED) is 0.678. The van der Waals surface area contributed by atoms with E-state index in [1.165, 1.54) is 11.8 Å². The summed E-state index contributed by atoms with van der Waals surface area (Å²) >= 11 is 1.41. The van der Waals surface area contributed by atoms with Crippen LogP contribution in [0.1, 0.15) is 33.6 Å². The molecule has 0 aromatic rings. The summed E-state index contributed by atoms with van der Waals surface area (Å²) in [7, 11) is 0. The molecule has 0 aliphatic heterocycles. The van der Waals surface area contributed by atoms with Gasteiger partial charge in [0.2, 0.25) is 0 Å². The first-order valence-electron chi connectivity index (χ1n) is 5.32. The molecule has 0 aliphatic carbocycles. The molecule has 0 heterocycles. The lowest BCUT2D eigenvalue weighted by atomic mass is 10.3. The van der Waals surface area contributed by atoms with Gasteiger partial charge in [-0.3, -0.25) is 4.79 Å². The smallest absolute Gasteiger partial charge is 0.281 e. The Morgan fingerprint density at radius 2 is 2.14 bits per heavy atom. The van der Waals surface area contributed by atoms with Crippen LogP contribution >= 0.6 is 11.8 Å². The van der Waals surface area contributed by atoms with Crippen LogP contribution < -0.4 is 0 Å². The summed E-state index contributed by atoms with van der Waals surface area (Å²) in [4.78, 5) is 13.5. The Balaban J connectivity index is 3.79. The van der Waals surface area contributed by atoms with Crippen LogP contribution in [-0.2, 0) is 0 Å². The van der Waals surface area contributed by atoms with E-state index in [0.717, 1.165) is 25.1 Å². The van der Waals surface area contributed by atoms with Crippen LogP contribution in [0.25, 0.3) is 0 Å². The first kappa shape index (κ1) is 13.8. The number of thioether (sulfide) groups is 1.